The zero-order valence-electron chi connectivity index (χ0n) is 13.8. The van der Waals surface area contributed by atoms with Crippen LogP contribution in [0.15, 0.2) is 67.3 Å². The Morgan fingerprint density at radius 1 is 0.962 bits per heavy atom. The van der Waals surface area contributed by atoms with Crippen LogP contribution in [-0.4, -0.2) is 6.36 Å². The summed E-state index contributed by atoms with van der Waals surface area (Å²) in [6, 6.07) is 14.1. The van der Waals surface area contributed by atoms with Crippen molar-refractivity contribution in [2.45, 2.75) is 19.2 Å². The first-order chi connectivity index (χ1) is 12.4. The molecule has 0 atom stereocenters. The lowest BCUT2D eigenvalue weighted by Gasteiger charge is -2.11. The van der Waals surface area contributed by atoms with Crippen molar-refractivity contribution in [1.29, 1.82) is 0 Å². The van der Waals surface area contributed by atoms with Gasteiger partial charge in [0.25, 0.3) is 0 Å². The summed E-state index contributed by atoms with van der Waals surface area (Å²) in [5.41, 5.74) is 1.91. The molecule has 0 unspecified atom stereocenters. The zero-order chi connectivity index (χ0) is 18.7. The maximum absolute atomic E-state index is 14.9. The van der Waals surface area contributed by atoms with E-state index in [1.54, 1.807) is 12.1 Å². The highest BCUT2D eigenvalue weighted by molar-refractivity contribution is 5.88. The van der Waals surface area contributed by atoms with Crippen molar-refractivity contribution >= 4 is 10.8 Å². The number of hydrogen-bond donors (Lipinski definition) is 0. The minimum absolute atomic E-state index is 0.329. The molecule has 0 aliphatic heterocycles. The molecule has 0 aliphatic rings. The molecule has 0 fully saturated rings. The van der Waals surface area contributed by atoms with Gasteiger partial charge in [-0.15, -0.1) is 19.8 Å². The first-order valence-electron chi connectivity index (χ1n) is 8.05. The van der Waals surface area contributed by atoms with Gasteiger partial charge in [-0.25, -0.2) is 4.39 Å². The first-order valence-corrected chi connectivity index (χ1v) is 8.05. The average Bonchev–Trinajstić information content (AvgIpc) is 2.60. The largest absolute Gasteiger partial charge is 0.573 e. The SMILES string of the molecule is C=CCCc1ccc2c(F)c(-c3ccc(OC(F)(F)F)cc3)ccc2c1. The van der Waals surface area contributed by atoms with Crippen LogP contribution in [0, 0.1) is 5.82 Å². The molecular formula is C21H16F4O. The van der Waals surface area contributed by atoms with Crippen LogP contribution in [0.2, 0.25) is 0 Å². The molecule has 3 rings (SSSR count). The maximum Gasteiger partial charge on any atom is 0.573 e. The summed E-state index contributed by atoms with van der Waals surface area (Å²) in [6.07, 6.45) is -1.24. The summed E-state index contributed by atoms with van der Waals surface area (Å²) in [4.78, 5) is 0. The molecule has 3 aromatic rings. The smallest absolute Gasteiger partial charge is 0.406 e. The molecule has 1 nitrogen and oxygen atoms in total. The van der Waals surface area contributed by atoms with Crippen LogP contribution >= 0.6 is 0 Å². The lowest BCUT2D eigenvalue weighted by atomic mass is 9.98. The molecule has 26 heavy (non-hydrogen) atoms. The summed E-state index contributed by atoms with van der Waals surface area (Å²) in [7, 11) is 0. The highest BCUT2D eigenvalue weighted by Gasteiger charge is 2.31. The van der Waals surface area contributed by atoms with Gasteiger partial charge in [0.1, 0.15) is 11.6 Å². The van der Waals surface area contributed by atoms with Gasteiger partial charge in [-0.1, -0.05) is 48.5 Å². The third-order valence-electron chi connectivity index (χ3n) is 4.05. The van der Waals surface area contributed by atoms with Crippen molar-refractivity contribution in [2.75, 3.05) is 0 Å². The van der Waals surface area contributed by atoms with E-state index in [0.29, 0.717) is 16.5 Å². The van der Waals surface area contributed by atoms with Crippen molar-refractivity contribution in [3.8, 4) is 16.9 Å². The number of rotatable bonds is 5. The number of fused-ring (bicyclic) bond motifs is 1. The molecule has 0 bridgehead atoms. The zero-order valence-corrected chi connectivity index (χ0v) is 13.8. The van der Waals surface area contributed by atoms with Crippen LogP contribution in [0.1, 0.15) is 12.0 Å². The highest BCUT2D eigenvalue weighted by Crippen LogP contribution is 2.31. The van der Waals surface area contributed by atoms with Gasteiger partial charge in [0.15, 0.2) is 0 Å². The number of benzene rings is 3. The molecule has 0 amide bonds. The Morgan fingerprint density at radius 2 is 1.69 bits per heavy atom. The van der Waals surface area contributed by atoms with E-state index in [1.165, 1.54) is 24.3 Å². The van der Waals surface area contributed by atoms with Crippen molar-refractivity contribution in [1.82, 2.24) is 0 Å². The summed E-state index contributed by atoms with van der Waals surface area (Å²) in [6.45, 7) is 3.69. The third kappa shape index (κ3) is 4.04. The Morgan fingerprint density at radius 3 is 2.35 bits per heavy atom. The standard InChI is InChI=1S/C21H16F4O/c1-2-3-4-14-5-11-19-16(13-14)8-12-18(20(19)22)15-6-9-17(10-7-15)26-21(23,24)25/h2,5-13H,1,3-4H2. The van der Waals surface area contributed by atoms with Gasteiger partial charge in [-0.3, -0.25) is 0 Å². The lowest BCUT2D eigenvalue weighted by molar-refractivity contribution is -0.274. The second kappa shape index (κ2) is 7.20. The predicted molar refractivity (Wildman–Crippen MR) is 94.5 cm³/mol. The Balaban J connectivity index is 1.93. The lowest BCUT2D eigenvalue weighted by Crippen LogP contribution is -2.16. The van der Waals surface area contributed by atoms with Crippen molar-refractivity contribution in [3.63, 3.8) is 0 Å². The number of alkyl halides is 3. The van der Waals surface area contributed by atoms with Gasteiger partial charge in [0, 0.05) is 10.9 Å². The maximum atomic E-state index is 14.9. The third-order valence-corrected chi connectivity index (χ3v) is 4.05. The fourth-order valence-electron chi connectivity index (χ4n) is 2.82. The van der Waals surface area contributed by atoms with E-state index in [1.807, 2.05) is 24.3 Å². The monoisotopic (exact) mass is 360 g/mol. The van der Waals surface area contributed by atoms with E-state index in [2.05, 4.69) is 11.3 Å². The number of ether oxygens (including phenoxy) is 1. The van der Waals surface area contributed by atoms with Gasteiger partial charge in [0.2, 0.25) is 0 Å². The van der Waals surface area contributed by atoms with Crippen LogP contribution in [0.3, 0.4) is 0 Å². The van der Waals surface area contributed by atoms with E-state index in [4.69, 9.17) is 0 Å². The van der Waals surface area contributed by atoms with Crippen LogP contribution in [-0.2, 0) is 6.42 Å². The van der Waals surface area contributed by atoms with Gasteiger partial charge in [-0.05, 0) is 41.5 Å². The Labute approximate surface area is 148 Å². The van der Waals surface area contributed by atoms with Crippen molar-refractivity contribution in [2.24, 2.45) is 0 Å². The van der Waals surface area contributed by atoms with Crippen LogP contribution in [0.5, 0.6) is 5.75 Å². The van der Waals surface area contributed by atoms with Crippen molar-refractivity contribution in [3.05, 3.63) is 78.6 Å². The quantitative estimate of drug-likeness (QED) is 0.365. The number of allylic oxidation sites excluding steroid dienone is 1. The first kappa shape index (κ1) is 18.0. The summed E-state index contributed by atoms with van der Waals surface area (Å²) in [5.74, 6) is -0.739. The van der Waals surface area contributed by atoms with E-state index in [-0.39, 0.29) is 5.75 Å². The Kier molecular flexibility index (Phi) is 4.98. The summed E-state index contributed by atoms with van der Waals surface area (Å²) >= 11 is 0. The predicted octanol–water partition coefficient (Wildman–Crippen LogP) is 6.66. The Bertz CT molecular complexity index is 927. The molecular weight excluding hydrogens is 344 g/mol. The van der Waals surface area contributed by atoms with Crippen LogP contribution < -0.4 is 4.74 Å². The fraction of sp³-hybridized carbons (Fsp3) is 0.143. The second-order valence-corrected chi connectivity index (χ2v) is 5.88. The summed E-state index contributed by atoms with van der Waals surface area (Å²) in [5, 5.41) is 1.25. The van der Waals surface area contributed by atoms with Gasteiger partial charge >= 0.3 is 6.36 Å². The van der Waals surface area contributed by atoms with Gasteiger partial charge < -0.3 is 4.74 Å². The molecule has 0 saturated carbocycles. The van der Waals surface area contributed by atoms with E-state index < -0.39 is 12.2 Å². The average molecular weight is 360 g/mol. The number of halogens is 4. The van der Waals surface area contributed by atoms with E-state index in [9.17, 15) is 17.6 Å². The molecule has 0 aliphatic carbocycles. The molecule has 3 aromatic carbocycles. The number of aryl methyl sites for hydroxylation is 1. The highest BCUT2D eigenvalue weighted by atomic mass is 19.4. The minimum atomic E-state index is -4.75. The van der Waals surface area contributed by atoms with Crippen LogP contribution in [0.25, 0.3) is 21.9 Å². The minimum Gasteiger partial charge on any atom is -0.406 e. The van der Waals surface area contributed by atoms with E-state index >= 15 is 0 Å². The normalized spacial score (nSPS) is 11.5. The van der Waals surface area contributed by atoms with Gasteiger partial charge in [0.05, 0.1) is 0 Å². The fourth-order valence-corrected chi connectivity index (χ4v) is 2.82. The number of hydrogen-bond acceptors (Lipinski definition) is 1. The summed E-state index contributed by atoms with van der Waals surface area (Å²) < 4.78 is 55.4. The molecule has 0 spiro atoms. The molecule has 0 heterocycles. The Hall–Kier alpha value is -2.82. The molecule has 134 valence electrons. The van der Waals surface area contributed by atoms with Gasteiger partial charge in [-0.2, -0.15) is 0 Å². The molecule has 0 N–H and O–H groups in total. The van der Waals surface area contributed by atoms with E-state index in [0.717, 1.165) is 23.8 Å². The second-order valence-electron chi connectivity index (χ2n) is 5.88. The molecule has 0 radical (unpaired) electrons. The molecule has 0 aromatic heterocycles. The molecule has 0 saturated heterocycles. The van der Waals surface area contributed by atoms with Crippen LogP contribution in [0.4, 0.5) is 17.6 Å². The topological polar surface area (TPSA) is 9.23 Å². The van der Waals surface area contributed by atoms with Crippen molar-refractivity contribution < 1.29 is 22.3 Å². The molecule has 5 heteroatoms.